The third-order valence-electron chi connectivity index (χ3n) is 4.13. The van der Waals surface area contributed by atoms with E-state index in [2.05, 4.69) is 5.32 Å². The molecule has 0 bridgehead atoms. The quantitative estimate of drug-likeness (QED) is 0.609. The molecule has 0 saturated heterocycles. The Balaban J connectivity index is 1.78. The highest BCUT2D eigenvalue weighted by atomic mass is 19.4. The minimum atomic E-state index is -4.40. The second kappa shape index (κ2) is 10.6. The van der Waals surface area contributed by atoms with Crippen LogP contribution in [0.4, 0.5) is 13.2 Å². The second-order valence-corrected chi connectivity index (χ2v) is 6.39. The van der Waals surface area contributed by atoms with E-state index in [0.717, 1.165) is 17.7 Å². The van der Waals surface area contributed by atoms with Crippen molar-refractivity contribution in [3.05, 3.63) is 65.2 Å². The largest absolute Gasteiger partial charge is 0.484 e. The van der Waals surface area contributed by atoms with Gasteiger partial charge < -0.3 is 19.9 Å². The van der Waals surface area contributed by atoms with Crippen molar-refractivity contribution in [3.8, 4) is 5.75 Å². The van der Waals surface area contributed by atoms with Crippen LogP contribution in [-0.2, 0) is 33.5 Å². The van der Waals surface area contributed by atoms with Crippen molar-refractivity contribution in [2.24, 2.45) is 0 Å². The summed E-state index contributed by atoms with van der Waals surface area (Å²) >= 11 is 0. The van der Waals surface area contributed by atoms with E-state index in [-0.39, 0.29) is 19.6 Å². The standard InChI is InChI=1S/C21H22F3NO5/c1-2-29-18(20(27)28)11-14-5-9-17(10-6-14)30-13-19(26)25-12-15-3-7-16(8-4-15)21(22,23)24/h3-10,18H,2,11-13H2,1H3,(H,25,26)(H,27,28). The summed E-state index contributed by atoms with van der Waals surface area (Å²) < 4.78 is 48.1. The van der Waals surface area contributed by atoms with Crippen LogP contribution in [0.2, 0.25) is 0 Å². The van der Waals surface area contributed by atoms with Gasteiger partial charge in [0.25, 0.3) is 5.91 Å². The van der Waals surface area contributed by atoms with Gasteiger partial charge >= 0.3 is 12.1 Å². The van der Waals surface area contributed by atoms with E-state index in [0.29, 0.717) is 17.9 Å². The Morgan fingerprint density at radius 2 is 1.63 bits per heavy atom. The molecule has 0 saturated carbocycles. The number of carboxylic acid groups (broad SMARTS) is 1. The van der Waals surface area contributed by atoms with E-state index in [1.807, 2.05) is 0 Å². The molecule has 0 spiro atoms. The minimum absolute atomic E-state index is 0.0767. The Labute approximate surface area is 171 Å². The van der Waals surface area contributed by atoms with Crippen molar-refractivity contribution in [2.45, 2.75) is 32.2 Å². The van der Waals surface area contributed by atoms with Gasteiger partial charge in [-0.3, -0.25) is 4.79 Å². The number of carboxylic acids is 1. The number of hydrogen-bond acceptors (Lipinski definition) is 4. The first-order chi connectivity index (χ1) is 14.2. The van der Waals surface area contributed by atoms with Crippen LogP contribution in [0.15, 0.2) is 48.5 Å². The molecule has 162 valence electrons. The summed E-state index contributed by atoms with van der Waals surface area (Å²) in [6.07, 6.45) is -5.13. The summed E-state index contributed by atoms with van der Waals surface area (Å²) in [7, 11) is 0. The lowest BCUT2D eigenvalue weighted by atomic mass is 10.1. The van der Waals surface area contributed by atoms with Gasteiger partial charge in [-0.2, -0.15) is 13.2 Å². The molecule has 30 heavy (non-hydrogen) atoms. The van der Waals surface area contributed by atoms with Gasteiger partial charge in [-0.15, -0.1) is 0 Å². The maximum Gasteiger partial charge on any atom is 0.416 e. The molecule has 2 N–H and O–H groups in total. The van der Waals surface area contributed by atoms with E-state index in [1.165, 1.54) is 12.1 Å². The fourth-order valence-corrected chi connectivity index (χ4v) is 2.57. The molecule has 2 aromatic carbocycles. The molecular formula is C21H22F3NO5. The summed E-state index contributed by atoms with van der Waals surface area (Å²) in [5.41, 5.74) is 0.526. The summed E-state index contributed by atoms with van der Waals surface area (Å²) in [4.78, 5) is 23.0. The van der Waals surface area contributed by atoms with Gasteiger partial charge in [0.05, 0.1) is 5.56 Å². The molecule has 6 nitrogen and oxygen atoms in total. The number of benzene rings is 2. The van der Waals surface area contributed by atoms with Crippen molar-refractivity contribution >= 4 is 11.9 Å². The van der Waals surface area contributed by atoms with E-state index in [4.69, 9.17) is 14.6 Å². The monoisotopic (exact) mass is 425 g/mol. The fraction of sp³-hybridized carbons (Fsp3) is 0.333. The van der Waals surface area contributed by atoms with E-state index in [9.17, 15) is 22.8 Å². The maximum absolute atomic E-state index is 12.5. The number of hydrogen-bond donors (Lipinski definition) is 2. The highest BCUT2D eigenvalue weighted by Gasteiger charge is 2.29. The summed E-state index contributed by atoms with van der Waals surface area (Å²) in [6, 6.07) is 11.1. The average molecular weight is 425 g/mol. The predicted octanol–water partition coefficient (Wildman–Crippen LogP) is 3.43. The molecule has 0 aliphatic carbocycles. The molecule has 0 aliphatic heterocycles. The number of carbonyl (C=O) groups excluding carboxylic acids is 1. The zero-order valence-electron chi connectivity index (χ0n) is 16.2. The number of alkyl halides is 3. The SMILES string of the molecule is CCOC(Cc1ccc(OCC(=O)NCc2ccc(C(F)(F)F)cc2)cc1)C(=O)O. The Morgan fingerprint density at radius 1 is 1.03 bits per heavy atom. The van der Waals surface area contributed by atoms with Gasteiger partial charge in [0.1, 0.15) is 5.75 Å². The highest BCUT2D eigenvalue weighted by molar-refractivity contribution is 5.77. The van der Waals surface area contributed by atoms with Gasteiger partial charge in [-0.1, -0.05) is 24.3 Å². The van der Waals surface area contributed by atoms with Crippen molar-refractivity contribution < 1.29 is 37.3 Å². The Bertz CT molecular complexity index is 835. The van der Waals surface area contributed by atoms with Crippen molar-refractivity contribution in [1.82, 2.24) is 5.32 Å². The van der Waals surface area contributed by atoms with Crippen LogP contribution in [0.1, 0.15) is 23.6 Å². The van der Waals surface area contributed by atoms with E-state index < -0.39 is 29.7 Å². The first-order valence-corrected chi connectivity index (χ1v) is 9.18. The third-order valence-corrected chi connectivity index (χ3v) is 4.13. The topological polar surface area (TPSA) is 84.9 Å². The summed E-state index contributed by atoms with van der Waals surface area (Å²) in [6.45, 7) is 1.82. The lowest BCUT2D eigenvalue weighted by Crippen LogP contribution is -2.28. The van der Waals surface area contributed by atoms with E-state index in [1.54, 1.807) is 31.2 Å². The predicted molar refractivity (Wildman–Crippen MR) is 102 cm³/mol. The molecule has 1 amide bonds. The number of halogens is 3. The Kier molecular flexibility index (Phi) is 8.23. The summed E-state index contributed by atoms with van der Waals surface area (Å²) in [5.74, 6) is -1.05. The van der Waals surface area contributed by atoms with Crippen LogP contribution < -0.4 is 10.1 Å². The van der Waals surface area contributed by atoms with Crippen molar-refractivity contribution in [3.63, 3.8) is 0 Å². The molecule has 0 aromatic heterocycles. The van der Waals surface area contributed by atoms with Gasteiger partial charge in [0, 0.05) is 19.6 Å². The maximum atomic E-state index is 12.5. The van der Waals surface area contributed by atoms with Gasteiger partial charge in [0.15, 0.2) is 12.7 Å². The molecule has 0 aliphatic rings. The molecule has 9 heteroatoms. The molecular weight excluding hydrogens is 403 g/mol. The number of ether oxygens (including phenoxy) is 2. The average Bonchev–Trinajstić information content (AvgIpc) is 2.71. The molecule has 1 unspecified atom stereocenters. The van der Waals surface area contributed by atoms with Crippen LogP contribution >= 0.6 is 0 Å². The van der Waals surface area contributed by atoms with Crippen LogP contribution in [0.25, 0.3) is 0 Å². The van der Waals surface area contributed by atoms with Crippen LogP contribution in [0.3, 0.4) is 0 Å². The molecule has 0 heterocycles. The first-order valence-electron chi connectivity index (χ1n) is 9.18. The molecule has 0 fully saturated rings. The zero-order valence-corrected chi connectivity index (χ0v) is 16.2. The number of carbonyl (C=O) groups is 2. The lowest BCUT2D eigenvalue weighted by molar-refractivity contribution is -0.150. The Hall–Kier alpha value is -3.07. The smallest absolute Gasteiger partial charge is 0.416 e. The van der Waals surface area contributed by atoms with Crippen LogP contribution in [0, 0.1) is 0 Å². The minimum Gasteiger partial charge on any atom is -0.484 e. The Morgan fingerprint density at radius 3 is 2.17 bits per heavy atom. The number of nitrogens with one attached hydrogen (secondary N) is 1. The number of amides is 1. The summed E-state index contributed by atoms with van der Waals surface area (Å²) in [5, 5.41) is 11.7. The van der Waals surface area contributed by atoms with Crippen LogP contribution in [0.5, 0.6) is 5.75 Å². The molecule has 0 radical (unpaired) electrons. The first kappa shape index (κ1) is 23.2. The van der Waals surface area contributed by atoms with Crippen molar-refractivity contribution in [1.29, 1.82) is 0 Å². The van der Waals surface area contributed by atoms with E-state index >= 15 is 0 Å². The van der Waals surface area contributed by atoms with Gasteiger partial charge in [0.2, 0.25) is 0 Å². The lowest BCUT2D eigenvalue weighted by Gasteiger charge is -2.13. The third kappa shape index (κ3) is 7.40. The molecule has 1 atom stereocenters. The molecule has 2 rings (SSSR count). The molecule has 2 aromatic rings. The fourth-order valence-electron chi connectivity index (χ4n) is 2.57. The van der Waals surface area contributed by atoms with Crippen molar-refractivity contribution in [2.75, 3.05) is 13.2 Å². The second-order valence-electron chi connectivity index (χ2n) is 6.39. The van der Waals surface area contributed by atoms with Gasteiger partial charge in [-0.25, -0.2) is 4.79 Å². The van der Waals surface area contributed by atoms with Gasteiger partial charge in [-0.05, 0) is 42.3 Å². The normalized spacial score (nSPS) is 12.3. The highest BCUT2D eigenvalue weighted by Crippen LogP contribution is 2.29. The van der Waals surface area contributed by atoms with Crippen LogP contribution in [-0.4, -0.2) is 36.3 Å². The number of rotatable bonds is 10. The zero-order chi connectivity index (χ0) is 22.1. The number of aliphatic carboxylic acids is 1.